The summed E-state index contributed by atoms with van der Waals surface area (Å²) in [5, 5.41) is 5.98. The van der Waals surface area contributed by atoms with Crippen LogP contribution in [0.25, 0.3) is 10.8 Å². The Labute approximate surface area is 170 Å². The van der Waals surface area contributed by atoms with Gasteiger partial charge < -0.3 is 15.1 Å². The Hall–Kier alpha value is -2.56. The highest BCUT2D eigenvalue weighted by atomic mass is 35.5. The van der Waals surface area contributed by atoms with Crippen LogP contribution in [0.1, 0.15) is 17.3 Å². The van der Waals surface area contributed by atoms with Crippen molar-refractivity contribution in [3.63, 3.8) is 0 Å². The van der Waals surface area contributed by atoms with E-state index >= 15 is 0 Å². The fraction of sp³-hybridized carbons (Fsp3) is 0.261. The molecule has 1 amide bonds. The molecule has 1 aliphatic rings. The highest BCUT2D eigenvalue weighted by Gasteiger charge is 2.17. The van der Waals surface area contributed by atoms with Crippen molar-refractivity contribution in [2.24, 2.45) is 0 Å². The Morgan fingerprint density at radius 1 is 1.00 bits per heavy atom. The Kier molecular flexibility index (Phi) is 5.51. The molecule has 0 spiro atoms. The molecule has 4 rings (SSSR count). The van der Waals surface area contributed by atoms with Gasteiger partial charge in [0, 0.05) is 53.5 Å². The molecule has 0 atom stereocenters. The predicted octanol–water partition coefficient (Wildman–Crippen LogP) is 4.89. The van der Waals surface area contributed by atoms with Gasteiger partial charge >= 0.3 is 0 Å². The van der Waals surface area contributed by atoms with Crippen molar-refractivity contribution >= 4 is 39.7 Å². The van der Waals surface area contributed by atoms with E-state index in [0.717, 1.165) is 38.4 Å². The van der Waals surface area contributed by atoms with Crippen molar-refractivity contribution in [2.75, 3.05) is 42.9 Å². The molecule has 0 radical (unpaired) electrons. The van der Waals surface area contributed by atoms with Gasteiger partial charge in [-0.1, -0.05) is 36.7 Å². The maximum Gasteiger partial charge on any atom is 0.255 e. The molecule has 0 saturated carbocycles. The number of fused-ring (bicyclic) bond motifs is 1. The van der Waals surface area contributed by atoms with Gasteiger partial charge in [-0.05, 0) is 54.4 Å². The third-order valence-corrected chi connectivity index (χ3v) is 5.64. The van der Waals surface area contributed by atoms with E-state index in [-0.39, 0.29) is 5.91 Å². The van der Waals surface area contributed by atoms with Crippen molar-refractivity contribution in [3.05, 3.63) is 71.2 Å². The average molecular weight is 394 g/mol. The molecule has 1 N–H and O–H groups in total. The molecule has 3 aromatic carbocycles. The zero-order valence-electron chi connectivity index (χ0n) is 16.0. The molecular formula is C23H24ClN3O. The summed E-state index contributed by atoms with van der Waals surface area (Å²) in [6.45, 7) is 7.52. The van der Waals surface area contributed by atoms with Crippen molar-refractivity contribution in [2.45, 2.75) is 6.92 Å². The first-order valence-electron chi connectivity index (χ1n) is 9.71. The molecule has 0 bridgehead atoms. The molecule has 0 aliphatic carbocycles. The number of benzene rings is 3. The van der Waals surface area contributed by atoms with E-state index in [0.29, 0.717) is 10.6 Å². The minimum Gasteiger partial charge on any atom is -0.368 e. The van der Waals surface area contributed by atoms with Crippen LogP contribution in [0.3, 0.4) is 0 Å². The number of piperazine rings is 1. The number of nitrogens with one attached hydrogen (secondary N) is 1. The number of nitrogens with zero attached hydrogens (tertiary/aromatic N) is 2. The molecule has 0 aromatic heterocycles. The topological polar surface area (TPSA) is 35.6 Å². The predicted molar refractivity (Wildman–Crippen MR) is 118 cm³/mol. The van der Waals surface area contributed by atoms with E-state index in [1.165, 1.54) is 16.5 Å². The van der Waals surface area contributed by atoms with Crippen LogP contribution in [0.5, 0.6) is 0 Å². The van der Waals surface area contributed by atoms with Crippen molar-refractivity contribution in [1.29, 1.82) is 0 Å². The average Bonchev–Trinajstić information content (AvgIpc) is 2.74. The summed E-state index contributed by atoms with van der Waals surface area (Å²) >= 11 is 5.91. The lowest BCUT2D eigenvalue weighted by Gasteiger charge is -2.36. The molecule has 28 heavy (non-hydrogen) atoms. The Morgan fingerprint density at radius 3 is 2.46 bits per heavy atom. The zero-order chi connectivity index (χ0) is 19.5. The largest absolute Gasteiger partial charge is 0.368 e. The van der Waals surface area contributed by atoms with Crippen LogP contribution in [0, 0.1) is 0 Å². The standard InChI is InChI=1S/C23H24ClN3O/c1-2-26-12-14-27(15-13-26)22-5-3-4-17-8-11-20(16-21(17)22)25-23(28)18-6-9-19(24)10-7-18/h3-11,16H,2,12-15H2,1H3,(H,25,28). The highest BCUT2D eigenvalue weighted by Crippen LogP contribution is 2.30. The van der Waals surface area contributed by atoms with Crippen molar-refractivity contribution in [1.82, 2.24) is 4.90 Å². The van der Waals surface area contributed by atoms with Gasteiger partial charge in [-0.25, -0.2) is 0 Å². The quantitative estimate of drug-likeness (QED) is 0.685. The van der Waals surface area contributed by atoms with E-state index in [9.17, 15) is 4.79 Å². The van der Waals surface area contributed by atoms with Gasteiger partial charge in [0.25, 0.3) is 5.91 Å². The number of anilines is 2. The third kappa shape index (κ3) is 3.98. The van der Waals surface area contributed by atoms with E-state index in [1.807, 2.05) is 6.07 Å². The zero-order valence-corrected chi connectivity index (χ0v) is 16.7. The SMILES string of the molecule is CCN1CCN(c2cccc3ccc(NC(=O)c4ccc(Cl)cc4)cc23)CC1. The Bertz CT molecular complexity index is 979. The second-order valence-electron chi connectivity index (χ2n) is 7.10. The lowest BCUT2D eigenvalue weighted by molar-refractivity contribution is 0.102. The third-order valence-electron chi connectivity index (χ3n) is 5.38. The number of hydrogen-bond donors (Lipinski definition) is 1. The summed E-state index contributed by atoms with van der Waals surface area (Å²) in [6, 6.07) is 19.4. The maximum atomic E-state index is 12.5. The molecular weight excluding hydrogens is 370 g/mol. The lowest BCUT2D eigenvalue weighted by atomic mass is 10.1. The van der Waals surface area contributed by atoms with Crippen LogP contribution < -0.4 is 10.2 Å². The van der Waals surface area contributed by atoms with Crippen LogP contribution in [-0.2, 0) is 0 Å². The molecule has 1 saturated heterocycles. The molecule has 1 fully saturated rings. The van der Waals surface area contributed by atoms with E-state index in [2.05, 4.69) is 52.4 Å². The van der Waals surface area contributed by atoms with Crippen LogP contribution in [-0.4, -0.2) is 43.5 Å². The number of amides is 1. The van der Waals surface area contributed by atoms with E-state index < -0.39 is 0 Å². The molecule has 5 heteroatoms. The second-order valence-corrected chi connectivity index (χ2v) is 7.53. The van der Waals surface area contributed by atoms with Crippen molar-refractivity contribution < 1.29 is 4.79 Å². The monoisotopic (exact) mass is 393 g/mol. The molecule has 1 aliphatic heterocycles. The fourth-order valence-electron chi connectivity index (χ4n) is 3.72. The van der Waals surface area contributed by atoms with Gasteiger partial charge in [0.2, 0.25) is 0 Å². The number of carbonyl (C=O) groups is 1. The molecule has 3 aromatic rings. The number of likely N-dealkylation sites (N-methyl/N-ethyl adjacent to an activating group) is 1. The molecule has 1 heterocycles. The summed E-state index contributed by atoms with van der Waals surface area (Å²) in [7, 11) is 0. The summed E-state index contributed by atoms with van der Waals surface area (Å²) in [5.41, 5.74) is 2.62. The van der Waals surface area contributed by atoms with E-state index in [4.69, 9.17) is 11.6 Å². The van der Waals surface area contributed by atoms with Crippen LogP contribution >= 0.6 is 11.6 Å². The number of halogens is 1. The summed E-state index contributed by atoms with van der Waals surface area (Å²) < 4.78 is 0. The smallest absolute Gasteiger partial charge is 0.255 e. The minimum absolute atomic E-state index is 0.134. The number of carbonyl (C=O) groups excluding carboxylic acids is 1. The second kappa shape index (κ2) is 8.21. The van der Waals surface area contributed by atoms with Gasteiger partial charge in [-0.3, -0.25) is 4.79 Å². The lowest BCUT2D eigenvalue weighted by Crippen LogP contribution is -2.46. The summed E-state index contributed by atoms with van der Waals surface area (Å²) in [5.74, 6) is -0.134. The maximum absolute atomic E-state index is 12.5. The molecule has 0 unspecified atom stereocenters. The van der Waals surface area contributed by atoms with E-state index in [1.54, 1.807) is 24.3 Å². The van der Waals surface area contributed by atoms with Crippen LogP contribution in [0.2, 0.25) is 5.02 Å². The van der Waals surface area contributed by atoms with Gasteiger partial charge in [-0.15, -0.1) is 0 Å². The Morgan fingerprint density at radius 2 is 1.75 bits per heavy atom. The first-order chi connectivity index (χ1) is 13.6. The first kappa shape index (κ1) is 18.8. The van der Waals surface area contributed by atoms with Crippen molar-refractivity contribution in [3.8, 4) is 0 Å². The first-order valence-corrected chi connectivity index (χ1v) is 10.1. The molecule has 144 valence electrons. The summed E-state index contributed by atoms with van der Waals surface area (Å²) in [4.78, 5) is 17.5. The van der Waals surface area contributed by atoms with Gasteiger partial charge in [0.15, 0.2) is 0 Å². The van der Waals surface area contributed by atoms with Crippen LogP contribution in [0.15, 0.2) is 60.7 Å². The normalized spacial score (nSPS) is 15.0. The van der Waals surface area contributed by atoms with Gasteiger partial charge in [-0.2, -0.15) is 0 Å². The number of hydrogen-bond acceptors (Lipinski definition) is 3. The highest BCUT2D eigenvalue weighted by molar-refractivity contribution is 6.30. The number of rotatable bonds is 4. The Balaban J connectivity index is 1.59. The fourth-order valence-corrected chi connectivity index (χ4v) is 3.85. The van der Waals surface area contributed by atoms with Crippen LogP contribution in [0.4, 0.5) is 11.4 Å². The van der Waals surface area contributed by atoms with Gasteiger partial charge in [0.05, 0.1) is 0 Å². The van der Waals surface area contributed by atoms with Gasteiger partial charge in [0.1, 0.15) is 0 Å². The molecule has 4 nitrogen and oxygen atoms in total. The minimum atomic E-state index is -0.134. The summed E-state index contributed by atoms with van der Waals surface area (Å²) in [6.07, 6.45) is 0.